The van der Waals surface area contributed by atoms with Crippen LogP contribution in [0.25, 0.3) is 0 Å². The summed E-state index contributed by atoms with van der Waals surface area (Å²) < 4.78 is 4.88. The topological polar surface area (TPSA) is 38.3 Å². The summed E-state index contributed by atoms with van der Waals surface area (Å²) in [5, 5.41) is 2.95. The number of hydrogen-bond donors (Lipinski definition) is 1. The Kier molecular flexibility index (Phi) is 5.75. The molecule has 0 aliphatic carbocycles. The Hall–Kier alpha value is -0.770. The van der Waals surface area contributed by atoms with Gasteiger partial charge in [-0.3, -0.25) is 4.79 Å². The third kappa shape index (κ3) is 4.19. The van der Waals surface area contributed by atoms with Gasteiger partial charge in [0.1, 0.15) is 0 Å². The Morgan fingerprint density at radius 2 is 2.24 bits per heavy atom. The van der Waals surface area contributed by atoms with Crippen LogP contribution >= 0.6 is 23.2 Å². The fraction of sp³-hybridized carbons (Fsp3) is 0.417. The van der Waals surface area contributed by atoms with Crippen molar-refractivity contribution in [2.24, 2.45) is 0 Å². The zero-order chi connectivity index (χ0) is 12.8. The summed E-state index contributed by atoms with van der Waals surface area (Å²) in [6, 6.07) is 5.34. The lowest BCUT2D eigenvalue weighted by molar-refractivity contribution is 0.0949. The number of carbonyl (C=O) groups is 1. The molecule has 0 heterocycles. The van der Waals surface area contributed by atoms with Gasteiger partial charge < -0.3 is 10.1 Å². The van der Waals surface area contributed by atoms with E-state index in [0.29, 0.717) is 23.7 Å². The number of ether oxygens (including phenoxy) is 1. The maximum Gasteiger partial charge on any atom is 0.252 e. The normalized spacial score (nSPS) is 12.2. The van der Waals surface area contributed by atoms with E-state index in [9.17, 15) is 4.79 Å². The van der Waals surface area contributed by atoms with Gasteiger partial charge in [-0.2, -0.15) is 0 Å². The van der Waals surface area contributed by atoms with Crippen molar-refractivity contribution in [3.63, 3.8) is 0 Å². The second-order valence-corrected chi connectivity index (χ2v) is 4.69. The van der Waals surface area contributed by atoms with Gasteiger partial charge in [0.25, 0.3) is 5.91 Å². The molecule has 0 saturated heterocycles. The van der Waals surface area contributed by atoms with Crippen molar-refractivity contribution < 1.29 is 9.53 Å². The Bertz CT molecular complexity index is 396. The molecule has 1 aromatic carbocycles. The van der Waals surface area contributed by atoms with Crippen LogP contribution in [-0.4, -0.2) is 31.5 Å². The molecule has 0 saturated carbocycles. The molecule has 3 nitrogen and oxygen atoms in total. The molecule has 1 N–H and O–H groups in total. The van der Waals surface area contributed by atoms with Crippen molar-refractivity contribution in [3.8, 4) is 0 Å². The highest BCUT2D eigenvalue weighted by molar-refractivity contribution is 6.34. The predicted octanol–water partition coefficient (Wildman–Crippen LogP) is 2.63. The first kappa shape index (κ1) is 14.3. The monoisotopic (exact) mass is 275 g/mol. The first-order chi connectivity index (χ1) is 8.06. The van der Waals surface area contributed by atoms with Gasteiger partial charge >= 0.3 is 0 Å². The van der Waals surface area contributed by atoms with E-state index >= 15 is 0 Å². The minimum Gasteiger partial charge on any atom is -0.383 e. The molecular weight excluding hydrogens is 261 g/mol. The Morgan fingerprint density at radius 1 is 1.53 bits per heavy atom. The zero-order valence-electron chi connectivity index (χ0n) is 9.80. The van der Waals surface area contributed by atoms with Crippen LogP contribution in [0.2, 0.25) is 5.02 Å². The number of methoxy groups -OCH3 is 1. The van der Waals surface area contributed by atoms with Crippen LogP contribution in [0.3, 0.4) is 0 Å². The number of halogens is 2. The highest BCUT2D eigenvalue weighted by atomic mass is 35.5. The van der Waals surface area contributed by atoms with Crippen LogP contribution in [0.4, 0.5) is 0 Å². The van der Waals surface area contributed by atoms with Crippen molar-refractivity contribution in [1.29, 1.82) is 0 Å². The summed E-state index contributed by atoms with van der Waals surface area (Å²) in [6.07, 6.45) is 0. The van der Waals surface area contributed by atoms with E-state index < -0.39 is 0 Å². The van der Waals surface area contributed by atoms with E-state index in [1.54, 1.807) is 19.2 Å². The van der Waals surface area contributed by atoms with Crippen LogP contribution in [0, 0.1) is 6.92 Å². The molecule has 1 aromatic rings. The van der Waals surface area contributed by atoms with Gasteiger partial charge in [-0.05, 0) is 18.6 Å². The van der Waals surface area contributed by atoms with Crippen molar-refractivity contribution in [3.05, 3.63) is 34.3 Å². The SMILES string of the molecule is COCC(Cl)CNC(=O)c1cccc(C)c1Cl. The van der Waals surface area contributed by atoms with Crippen molar-refractivity contribution in [2.75, 3.05) is 20.3 Å². The fourth-order valence-corrected chi connectivity index (χ4v) is 1.78. The summed E-state index contributed by atoms with van der Waals surface area (Å²) in [5.74, 6) is -0.222. The molecule has 1 unspecified atom stereocenters. The number of nitrogens with one attached hydrogen (secondary N) is 1. The molecule has 0 aliphatic rings. The molecule has 0 spiro atoms. The van der Waals surface area contributed by atoms with E-state index in [1.165, 1.54) is 0 Å². The molecule has 0 aliphatic heterocycles. The number of benzene rings is 1. The molecule has 1 atom stereocenters. The van der Waals surface area contributed by atoms with E-state index in [1.807, 2.05) is 13.0 Å². The maximum absolute atomic E-state index is 11.8. The molecule has 17 heavy (non-hydrogen) atoms. The van der Waals surface area contributed by atoms with Gasteiger partial charge in [-0.25, -0.2) is 0 Å². The minimum absolute atomic E-state index is 0.222. The molecule has 94 valence electrons. The van der Waals surface area contributed by atoms with E-state index in [-0.39, 0.29) is 11.3 Å². The predicted molar refractivity (Wildman–Crippen MR) is 70.0 cm³/mol. The largest absolute Gasteiger partial charge is 0.383 e. The molecule has 5 heteroatoms. The lowest BCUT2D eigenvalue weighted by Gasteiger charge is -2.11. The maximum atomic E-state index is 11.8. The first-order valence-corrected chi connectivity index (χ1v) is 6.04. The second-order valence-electron chi connectivity index (χ2n) is 3.70. The van der Waals surface area contributed by atoms with Gasteiger partial charge in [0.2, 0.25) is 0 Å². The highest BCUT2D eigenvalue weighted by Crippen LogP contribution is 2.19. The molecule has 1 rings (SSSR count). The van der Waals surface area contributed by atoms with Crippen LogP contribution in [0.15, 0.2) is 18.2 Å². The number of aryl methyl sites for hydroxylation is 1. The lowest BCUT2D eigenvalue weighted by Crippen LogP contribution is -2.31. The van der Waals surface area contributed by atoms with Crippen LogP contribution in [0.5, 0.6) is 0 Å². The third-order valence-corrected chi connectivity index (χ3v) is 3.05. The average molecular weight is 276 g/mol. The van der Waals surface area contributed by atoms with E-state index in [0.717, 1.165) is 5.56 Å². The highest BCUT2D eigenvalue weighted by Gasteiger charge is 2.12. The van der Waals surface area contributed by atoms with Crippen LogP contribution in [0.1, 0.15) is 15.9 Å². The summed E-state index contributed by atoms with van der Waals surface area (Å²) >= 11 is 12.0. The Morgan fingerprint density at radius 3 is 2.88 bits per heavy atom. The molecule has 1 amide bonds. The molecule has 0 fully saturated rings. The zero-order valence-corrected chi connectivity index (χ0v) is 11.3. The van der Waals surface area contributed by atoms with Crippen molar-refractivity contribution in [2.45, 2.75) is 12.3 Å². The number of alkyl halides is 1. The van der Waals surface area contributed by atoms with Gasteiger partial charge in [0, 0.05) is 13.7 Å². The molecule has 0 radical (unpaired) electrons. The van der Waals surface area contributed by atoms with E-state index in [4.69, 9.17) is 27.9 Å². The van der Waals surface area contributed by atoms with Crippen molar-refractivity contribution >= 4 is 29.1 Å². The third-order valence-electron chi connectivity index (χ3n) is 2.27. The number of carbonyl (C=O) groups excluding carboxylic acids is 1. The van der Waals surface area contributed by atoms with Gasteiger partial charge in [-0.15, -0.1) is 11.6 Å². The molecular formula is C12H15Cl2NO2. The number of rotatable bonds is 5. The first-order valence-electron chi connectivity index (χ1n) is 5.22. The summed E-state index contributed by atoms with van der Waals surface area (Å²) in [7, 11) is 1.56. The summed E-state index contributed by atoms with van der Waals surface area (Å²) in [6.45, 7) is 2.59. The fourth-order valence-electron chi connectivity index (χ4n) is 1.36. The standard InChI is InChI=1S/C12H15Cl2NO2/c1-8-4-3-5-10(11(8)14)12(16)15-6-9(13)7-17-2/h3-5,9H,6-7H2,1-2H3,(H,15,16). The minimum atomic E-state index is -0.243. The van der Waals surface area contributed by atoms with Crippen LogP contribution in [-0.2, 0) is 4.74 Å². The Balaban J connectivity index is 2.61. The van der Waals surface area contributed by atoms with Gasteiger partial charge in [-0.1, -0.05) is 23.7 Å². The van der Waals surface area contributed by atoms with Crippen molar-refractivity contribution in [1.82, 2.24) is 5.32 Å². The molecule has 0 aromatic heterocycles. The van der Waals surface area contributed by atoms with Gasteiger partial charge in [0.05, 0.1) is 22.6 Å². The van der Waals surface area contributed by atoms with Gasteiger partial charge in [0.15, 0.2) is 0 Å². The molecule has 0 bridgehead atoms. The lowest BCUT2D eigenvalue weighted by atomic mass is 10.1. The number of hydrogen-bond acceptors (Lipinski definition) is 2. The van der Waals surface area contributed by atoms with Crippen LogP contribution < -0.4 is 5.32 Å². The summed E-state index contributed by atoms with van der Waals surface area (Å²) in [5.41, 5.74) is 1.34. The quantitative estimate of drug-likeness (QED) is 0.839. The smallest absolute Gasteiger partial charge is 0.252 e. The summed E-state index contributed by atoms with van der Waals surface area (Å²) in [4.78, 5) is 11.8. The average Bonchev–Trinajstić information content (AvgIpc) is 2.30. The Labute approximate surface area is 111 Å². The van der Waals surface area contributed by atoms with E-state index in [2.05, 4.69) is 5.32 Å². The second kappa shape index (κ2) is 6.84. The number of amides is 1.